The fraction of sp³-hybridized carbons (Fsp3) is 0.500. The number of esters is 4. The van der Waals surface area contributed by atoms with Crippen LogP contribution >= 0.6 is 23.5 Å². The highest BCUT2D eigenvalue weighted by Crippen LogP contribution is 2.66. The van der Waals surface area contributed by atoms with Gasteiger partial charge in [-0.1, -0.05) is 25.6 Å². The highest BCUT2D eigenvalue weighted by atomic mass is 32.2. The van der Waals surface area contributed by atoms with Crippen molar-refractivity contribution in [3.05, 3.63) is 91.5 Å². The summed E-state index contributed by atoms with van der Waals surface area (Å²) in [6.07, 6.45) is -8.13. The minimum atomic E-state index is -5.27. The van der Waals surface area contributed by atoms with E-state index in [0.29, 0.717) is 91.5 Å². The number of hydrogen-bond acceptors (Lipinski definition) is 26. The zero-order chi connectivity index (χ0) is 72.5. The smallest absolute Gasteiger partial charge is 0.471 e. The normalized spacial score (nSPS) is 27.7. The van der Waals surface area contributed by atoms with Crippen LogP contribution in [0.25, 0.3) is 0 Å². The average molecular weight is 1470 g/mol. The van der Waals surface area contributed by atoms with E-state index in [4.69, 9.17) is 47.4 Å². The molecule has 4 aromatic carbocycles. The number of piperazine rings is 2. The minimum Gasteiger partial charge on any atom is -0.504 e. The third-order valence-electron chi connectivity index (χ3n) is 20.1. The number of phenolic OH excluding ortho intramolecular Hbond substituents is 2. The number of methoxy groups -OCH3 is 2. The van der Waals surface area contributed by atoms with Crippen molar-refractivity contribution in [2.45, 2.75) is 157 Å². The Kier molecular flexibility index (Phi) is 19.5. The Balaban J connectivity index is 0.000000191. The maximum absolute atomic E-state index is 13.4. The molecule has 34 heteroatoms. The largest absolute Gasteiger partial charge is 0.504 e. The first-order valence-corrected chi connectivity index (χ1v) is 33.9. The van der Waals surface area contributed by atoms with Crippen LogP contribution in [0.2, 0.25) is 0 Å². The van der Waals surface area contributed by atoms with E-state index in [9.17, 15) is 75.8 Å². The summed E-state index contributed by atoms with van der Waals surface area (Å²) >= 11 is 2.05. The number of benzene rings is 4. The van der Waals surface area contributed by atoms with E-state index in [0.717, 1.165) is 34.7 Å². The lowest BCUT2D eigenvalue weighted by molar-refractivity contribution is -0.176. The van der Waals surface area contributed by atoms with Crippen molar-refractivity contribution >= 4 is 59.2 Å². The van der Waals surface area contributed by atoms with Crippen molar-refractivity contribution in [1.82, 2.24) is 30.7 Å². The standard InChI is InChI=1S/C35H35F3N4O9S.C32H31F3N4O9S.CH4/c1-6-7-41-19-9-17-8-14(2)28(47-5)27(44)22(17)25(41)26-32-24-23(31-30(49-13-50-31)15(3)29(24)51-16(4)43)21(42(26)20(19)10-39)11-48-33(45)18(12-52-32)40-34(46)35(36,37)38;1-11-5-14-6-15-17(7-36)39-18-8-45-30(42)16(38-31(43)32(33,34)35)9-49-29(23(39)22(37-15)19(14)24(41)25(11)44-4)21-20(18)28-27(46-10-47-28)12(2)26(21)48-13(3)40;/h6,8,18-21,25-26,32,44H,1,7,9,11-13H2,2-5H3,(H,40,46);5,15-18,22-23,29,37,41H,6,8-10H2,1-4H3,(H,38,43);1H4/t18?,19-,20-,21-,25+,26?,32+;15-,16?,17-,18-,22+,23?,29+;/m00./s1. The van der Waals surface area contributed by atoms with Gasteiger partial charge in [-0.25, -0.2) is 9.59 Å². The number of nitrogens with one attached hydrogen (secondary N) is 3. The zero-order valence-electron chi connectivity index (χ0n) is 55.1. The molecule has 14 rings (SSSR count). The van der Waals surface area contributed by atoms with Crippen molar-refractivity contribution in [2.75, 3.05) is 59.1 Å². The van der Waals surface area contributed by atoms with E-state index in [1.807, 2.05) is 21.9 Å². The number of hydrogen-bond donors (Lipinski definition) is 5. The molecule has 0 aliphatic carbocycles. The van der Waals surface area contributed by atoms with Crippen molar-refractivity contribution < 1.29 is 113 Å². The number of carbonyl (C=O) groups is 6. The molecule has 4 saturated heterocycles. The number of cyclic esters (lactones) is 2. The molecule has 5 N–H and O–H groups in total. The monoisotopic (exact) mass is 1460 g/mol. The number of alkyl halides is 6. The van der Waals surface area contributed by atoms with Crippen LogP contribution < -0.4 is 53.8 Å². The van der Waals surface area contributed by atoms with Gasteiger partial charge < -0.3 is 73.5 Å². The molecule has 2 amide bonds. The van der Waals surface area contributed by atoms with Crippen molar-refractivity contribution in [1.29, 1.82) is 10.5 Å². The molecule has 544 valence electrons. The number of fused-ring (bicyclic) bond motifs is 18. The number of aromatic hydroxyl groups is 2. The lowest BCUT2D eigenvalue weighted by Crippen LogP contribution is -2.70. The quantitative estimate of drug-likeness (QED) is 0.0496. The molecule has 4 fully saturated rings. The topological polar surface area (TPSA) is 329 Å². The number of ether oxygens (including phenoxy) is 10. The van der Waals surface area contributed by atoms with Gasteiger partial charge in [-0.15, -0.1) is 30.1 Å². The molecule has 102 heavy (non-hydrogen) atoms. The van der Waals surface area contributed by atoms with Crippen LogP contribution in [0.1, 0.15) is 123 Å². The lowest BCUT2D eigenvalue weighted by Gasteiger charge is -2.62. The van der Waals surface area contributed by atoms with Crippen LogP contribution in [0, 0.1) is 50.4 Å². The number of rotatable bonds is 8. The summed E-state index contributed by atoms with van der Waals surface area (Å²) in [6, 6.07) is -2.21. The highest BCUT2D eigenvalue weighted by molar-refractivity contribution is 7.99. The average Bonchev–Trinajstić information content (AvgIpc) is 0.971. The first-order valence-electron chi connectivity index (χ1n) is 31.9. The molecule has 10 aliphatic rings. The van der Waals surface area contributed by atoms with Gasteiger partial charge in [0.1, 0.15) is 48.9 Å². The second-order valence-electron chi connectivity index (χ2n) is 25.7. The summed E-state index contributed by atoms with van der Waals surface area (Å²) in [5, 5.41) is 50.7. The van der Waals surface area contributed by atoms with Gasteiger partial charge in [0, 0.05) is 101 Å². The van der Waals surface area contributed by atoms with Gasteiger partial charge in [-0.3, -0.25) is 33.9 Å². The molecule has 4 unspecified atom stereocenters. The van der Waals surface area contributed by atoms with Crippen LogP contribution in [0.4, 0.5) is 26.3 Å². The van der Waals surface area contributed by atoms with Crippen LogP contribution in [0.5, 0.6) is 57.5 Å². The predicted molar refractivity (Wildman–Crippen MR) is 347 cm³/mol. The van der Waals surface area contributed by atoms with Crippen LogP contribution in [0.15, 0.2) is 24.8 Å². The van der Waals surface area contributed by atoms with Gasteiger partial charge in [-0.05, 0) is 62.8 Å². The van der Waals surface area contributed by atoms with Gasteiger partial charge in [0.15, 0.2) is 46.0 Å². The zero-order valence-corrected chi connectivity index (χ0v) is 56.8. The molecule has 4 aromatic rings. The van der Waals surface area contributed by atoms with Crippen LogP contribution in [0.3, 0.4) is 0 Å². The molecule has 0 radical (unpaired) electrons. The molecule has 10 heterocycles. The molecular weight excluding hydrogens is 1390 g/mol. The first-order chi connectivity index (χ1) is 48.0. The predicted octanol–water partition coefficient (Wildman–Crippen LogP) is 7.41. The van der Waals surface area contributed by atoms with Crippen molar-refractivity contribution in [3.8, 4) is 69.6 Å². The summed E-state index contributed by atoms with van der Waals surface area (Å²) in [7, 11) is 2.88. The van der Waals surface area contributed by atoms with Gasteiger partial charge >= 0.3 is 48.0 Å². The second kappa shape index (κ2) is 27.3. The number of amides is 2. The van der Waals surface area contributed by atoms with Gasteiger partial charge in [0.2, 0.25) is 13.6 Å². The Hall–Kier alpha value is -9.06. The molecule has 26 nitrogen and oxygen atoms in total. The molecular formula is C68H70F6N8O18S2. The highest BCUT2D eigenvalue weighted by Gasteiger charge is 2.63. The second-order valence-corrected chi connectivity index (χ2v) is 28.1. The summed E-state index contributed by atoms with van der Waals surface area (Å²) in [4.78, 5) is 82.1. The maximum atomic E-state index is 13.4. The Morgan fingerprint density at radius 2 is 1.10 bits per heavy atom. The lowest BCUT2D eigenvalue weighted by atomic mass is 9.71. The molecule has 8 bridgehead atoms. The fourth-order valence-electron chi connectivity index (χ4n) is 16.5. The van der Waals surface area contributed by atoms with E-state index >= 15 is 0 Å². The fourth-order valence-corrected chi connectivity index (χ4v) is 19.5. The van der Waals surface area contributed by atoms with Crippen molar-refractivity contribution in [3.63, 3.8) is 0 Å². The van der Waals surface area contributed by atoms with E-state index in [1.54, 1.807) is 44.4 Å². The Morgan fingerprint density at radius 3 is 1.54 bits per heavy atom. The van der Waals surface area contributed by atoms with E-state index in [2.05, 4.69) is 28.9 Å². The van der Waals surface area contributed by atoms with Crippen LogP contribution in [-0.2, 0) is 51.1 Å². The van der Waals surface area contributed by atoms with Crippen molar-refractivity contribution in [2.24, 2.45) is 0 Å². The summed E-state index contributed by atoms with van der Waals surface area (Å²) in [5.41, 5.74) is 6.60. The maximum Gasteiger partial charge on any atom is 0.471 e. The molecule has 14 atom stereocenters. The number of aryl methyl sites for hydroxylation is 2. The third kappa shape index (κ3) is 11.8. The van der Waals surface area contributed by atoms with Gasteiger partial charge in [0.25, 0.3) is 0 Å². The number of phenols is 2. The molecule has 0 aromatic heterocycles. The molecule has 0 spiro atoms. The summed E-state index contributed by atoms with van der Waals surface area (Å²) in [6.45, 7) is 12.4. The molecule has 10 aliphatic heterocycles. The number of halogens is 6. The van der Waals surface area contributed by atoms with E-state index in [-0.39, 0.29) is 62.1 Å². The summed E-state index contributed by atoms with van der Waals surface area (Å²) in [5.74, 6) is -7.16. The molecule has 0 saturated carbocycles. The Bertz CT molecular complexity index is 4300. The number of thioether (sulfide) groups is 2. The Morgan fingerprint density at radius 1 is 0.657 bits per heavy atom. The Labute approximate surface area is 588 Å². The minimum absolute atomic E-state index is 0. The van der Waals surface area contributed by atoms with Gasteiger partial charge in [-0.2, -0.15) is 36.9 Å². The van der Waals surface area contributed by atoms with E-state index in [1.165, 1.54) is 28.1 Å². The van der Waals surface area contributed by atoms with Crippen LogP contribution in [-0.4, -0.2) is 180 Å². The third-order valence-corrected chi connectivity index (χ3v) is 22.9. The van der Waals surface area contributed by atoms with E-state index < -0.39 is 156 Å². The SMILES string of the molecule is C.C=CCN1[C@@H]2c3c(cc(C)c(OC)c3O)C[C@H]1[C@H](C#N)N1C2[C@@H]2SCC(NC(=O)C(F)(F)F)C(=O)OC[C@H]1c1c3c(c(C)c(OC(C)=O)c12)OCO3.COc1c(C)cc2c(c1O)[C@H]1N[C@@H](C2)[C@H](C#N)N2C1[C@@H]1SCC(NC(=O)C(F)(F)F)C(=O)OC[C@H]2c2c3c(c(C)c(OC(C)=O)c21)OCO3. The first kappa shape index (κ1) is 72.7. The summed E-state index contributed by atoms with van der Waals surface area (Å²) < 4.78 is 138. The number of nitriles is 2. The number of carbonyl (C=O) groups excluding carboxylic acids is 6. The van der Waals surface area contributed by atoms with Gasteiger partial charge in [0.05, 0.1) is 61.0 Å². The number of nitrogens with zero attached hydrogens (tertiary/aromatic N) is 5.